The van der Waals surface area contributed by atoms with Crippen LogP contribution in [-0.4, -0.2) is 5.11 Å². The van der Waals surface area contributed by atoms with Crippen molar-refractivity contribution in [3.05, 3.63) is 73.6 Å². The summed E-state index contributed by atoms with van der Waals surface area (Å²) in [4.78, 5) is 12.2. The van der Waals surface area contributed by atoms with Crippen LogP contribution in [0.15, 0.2) is 55.5 Å². The van der Waals surface area contributed by atoms with E-state index in [0.29, 0.717) is 5.56 Å². The molecule has 0 unspecified atom stereocenters. The summed E-state index contributed by atoms with van der Waals surface area (Å²) < 4.78 is 11.6. The maximum absolute atomic E-state index is 12.2. The van der Waals surface area contributed by atoms with Crippen LogP contribution in [0, 0.1) is 11.3 Å². The van der Waals surface area contributed by atoms with Crippen molar-refractivity contribution in [1.29, 1.82) is 5.26 Å². The van der Waals surface area contributed by atoms with Crippen LogP contribution in [0.5, 0.6) is 5.75 Å². The van der Waals surface area contributed by atoms with Crippen molar-refractivity contribution in [2.75, 3.05) is 0 Å². The molecule has 0 fully saturated rings. The lowest BCUT2D eigenvalue weighted by Gasteiger charge is -2.25. The zero-order valence-electron chi connectivity index (χ0n) is 11.7. The van der Waals surface area contributed by atoms with Crippen molar-refractivity contribution in [2.45, 2.75) is 12.5 Å². The largest absolute Gasteiger partial charge is 0.458 e. The van der Waals surface area contributed by atoms with Crippen LogP contribution in [0.4, 0.5) is 0 Å². The number of benzene rings is 1. The van der Waals surface area contributed by atoms with Crippen molar-refractivity contribution in [3.63, 3.8) is 0 Å². The van der Waals surface area contributed by atoms with Crippen LogP contribution in [-0.2, 0) is 6.61 Å². The zero-order valence-corrected chi connectivity index (χ0v) is 13.3. The summed E-state index contributed by atoms with van der Waals surface area (Å²) >= 11 is 3.43. The molecule has 23 heavy (non-hydrogen) atoms. The number of ether oxygens (including phenoxy) is 1. The van der Waals surface area contributed by atoms with E-state index in [4.69, 9.17) is 14.9 Å². The van der Waals surface area contributed by atoms with Gasteiger partial charge in [-0.2, -0.15) is 5.26 Å². The quantitative estimate of drug-likeness (QED) is 0.832. The Labute approximate surface area is 139 Å². The highest BCUT2D eigenvalue weighted by atomic mass is 79.9. The number of hydrogen-bond donors (Lipinski definition) is 2. The van der Waals surface area contributed by atoms with Crippen LogP contribution in [0.25, 0.3) is 0 Å². The lowest BCUT2D eigenvalue weighted by Crippen LogP contribution is -2.25. The normalized spacial score (nSPS) is 16.5. The highest BCUT2D eigenvalue weighted by molar-refractivity contribution is 9.10. The molecule has 3 rings (SSSR count). The van der Waals surface area contributed by atoms with Gasteiger partial charge in [-0.25, -0.2) is 0 Å². The Morgan fingerprint density at radius 2 is 2.13 bits per heavy atom. The molecule has 0 saturated carbocycles. The molecule has 6 nitrogen and oxygen atoms in total. The first kappa shape index (κ1) is 15.3. The fourth-order valence-electron chi connectivity index (χ4n) is 2.48. The molecule has 0 spiro atoms. The summed E-state index contributed by atoms with van der Waals surface area (Å²) in [5.74, 6) is -0.658. The van der Waals surface area contributed by atoms with Gasteiger partial charge >= 0.3 is 0 Å². The first-order valence-electron chi connectivity index (χ1n) is 6.66. The molecule has 7 heteroatoms. The van der Waals surface area contributed by atoms with E-state index in [0.717, 1.165) is 10.5 Å². The number of hydrogen-bond acceptors (Lipinski definition) is 6. The minimum Gasteiger partial charge on any atom is -0.458 e. The number of nitrogens with zero attached hydrogens (tertiary/aromatic N) is 1. The highest BCUT2D eigenvalue weighted by Gasteiger charge is 2.35. The lowest BCUT2D eigenvalue weighted by atomic mass is 9.87. The van der Waals surface area contributed by atoms with Crippen molar-refractivity contribution >= 4 is 15.9 Å². The Bertz CT molecular complexity index is 911. The molecular formula is C16H11BrN2O4. The molecule has 3 N–H and O–H groups in total. The molecule has 2 heterocycles. The summed E-state index contributed by atoms with van der Waals surface area (Å²) in [6, 6.07) is 10.4. The number of nitrogens with two attached hydrogens (primary N) is 1. The van der Waals surface area contributed by atoms with Crippen LogP contribution < -0.4 is 15.9 Å². The fourth-order valence-corrected chi connectivity index (χ4v) is 3.00. The van der Waals surface area contributed by atoms with Gasteiger partial charge in [-0.3, -0.25) is 4.79 Å². The first-order chi connectivity index (χ1) is 11.1. The van der Waals surface area contributed by atoms with Crippen molar-refractivity contribution in [1.82, 2.24) is 0 Å². The van der Waals surface area contributed by atoms with Gasteiger partial charge in [0, 0.05) is 10.5 Å². The highest BCUT2D eigenvalue weighted by Crippen LogP contribution is 2.42. The summed E-state index contributed by atoms with van der Waals surface area (Å²) in [5, 5.41) is 18.7. The van der Waals surface area contributed by atoms with E-state index in [9.17, 15) is 15.2 Å². The average molecular weight is 375 g/mol. The lowest BCUT2D eigenvalue weighted by molar-refractivity contribution is 0.231. The van der Waals surface area contributed by atoms with Gasteiger partial charge in [0.05, 0.1) is 5.92 Å². The van der Waals surface area contributed by atoms with Gasteiger partial charge in [0.25, 0.3) is 0 Å². The smallest absolute Gasteiger partial charge is 0.228 e. The van der Waals surface area contributed by atoms with Crippen LogP contribution in [0.2, 0.25) is 0 Å². The molecule has 0 aliphatic carbocycles. The molecule has 0 amide bonds. The van der Waals surface area contributed by atoms with Crippen molar-refractivity contribution < 1.29 is 14.3 Å². The third-order valence-corrected chi connectivity index (χ3v) is 4.22. The maximum Gasteiger partial charge on any atom is 0.228 e. The molecule has 1 atom stereocenters. The standard InChI is InChI=1S/C16H11BrN2O4/c17-11-4-2-1-3-9(11)13-10(6-18)16(19)23-14-12(21)5-8(7-20)22-15(13)14/h1-5,13,20H,7,19H2/t13-/m0/s1. The number of nitriles is 1. The van der Waals surface area contributed by atoms with E-state index >= 15 is 0 Å². The number of halogens is 1. The fraction of sp³-hybridized carbons (Fsp3) is 0.125. The number of fused-ring (bicyclic) bond motifs is 1. The number of allylic oxidation sites excluding steroid dienone is 1. The molecule has 0 radical (unpaired) electrons. The third-order valence-electron chi connectivity index (χ3n) is 3.50. The molecule has 0 saturated heterocycles. The third kappa shape index (κ3) is 2.52. The van der Waals surface area contributed by atoms with Gasteiger partial charge in [0.15, 0.2) is 5.76 Å². The zero-order chi connectivity index (χ0) is 16.6. The number of aliphatic hydroxyl groups is 1. The molecule has 0 bridgehead atoms. The Morgan fingerprint density at radius 3 is 2.78 bits per heavy atom. The van der Waals surface area contributed by atoms with Crippen LogP contribution >= 0.6 is 15.9 Å². The minimum atomic E-state index is -0.696. The van der Waals surface area contributed by atoms with Gasteiger partial charge in [0.2, 0.25) is 17.1 Å². The maximum atomic E-state index is 12.2. The van der Waals surface area contributed by atoms with Crippen LogP contribution in [0.3, 0.4) is 0 Å². The van der Waals surface area contributed by atoms with Gasteiger partial charge < -0.3 is 20.0 Å². The SMILES string of the molecule is N#CC1=C(N)Oc2c(oc(CO)cc2=O)[C@H]1c1ccccc1Br. The summed E-state index contributed by atoms with van der Waals surface area (Å²) in [7, 11) is 0. The van der Waals surface area contributed by atoms with E-state index in [1.54, 1.807) is 12.1 Å². The Hall–Kier alpha value is -2.56. The van der Waals surface area contributed by atoms with E-state index in [1.165, 1.54) is 0 Å². The summed E-state index contributed by atoms with van der Waals surface area (Å²) in [5.41, 5.74) is 6.19. The van der Waals surface area contributed by atoms with E-state index in [1.807, 2.05) is 18.2 Å². The van der Waals surface area contributed by atoms with Crippen molar-refractivity contribution in [3.8, 4) is 11.8 Å². The average Bonchev–Trinajstić information content (AvgIpc) is 2.55. The number of rotatable bonds is 2. The Kier molecular flexibility index (Phi) is 3.94. The number of aliphatic hydroxyl groups excluding tert-OH is 1. The van der Waals surface area contributed by atoms with Crippen LogP contribution in [0.1, 0.15) is 23.0 Å². The molecule has 1 aromatic carbocycles. The monoisotopic (exact) mass is 374 g/mol. The molecule has 1 aliphatic heterocycles. The van der Waals surface area contributed by atoms with E-state index < -0.39 is 18.0 Å². The van der Waals surface area contributed by atoms with Crippen molar-refractivity contribution in [2.24, 2.45) is 5.73 Å². The molecule has 1 aromatic heterocycles. The van der Waals surface area contributed by atoms with E-state index in [2.05, 4.69) is 15.9 Å². The second-order valence-electron chi connectivity index (χ2n) is 4.87. The summed E-state index contributed by atoms with van der Waals surface area (Å²) in [6.45, 7) is -0.438. The Balaban J connectivity index is 2.34. The topological polar surface area (TPSA) is 109 Å². The second kappa shape index (κ2) is 5.91. The van der Waals surface area contributed by atoms with E-state index in [-0.39, 0.29) is 28.7 Å². The minimum absolute atomic E-state index is 0.0700. The van der Waals surface area contributed by atoms with Gasteiger partial charge in [0.1, 0.15) is 24.0 Å². The molecule has 2 aromatic rings. The van der Waals surface area contributed by atoms with Gasteiger partial charge in [-0.05, 0) is 11.6 Å². The molecular weight excluding hydrogens is 364 g/mol. The second-order valence-corrected chi connectivity index (χ2v) is 5.73. The summed E-state index contributed by atoms with van der Waals surface area (Å²) in [6.07, 6.45) is 0. The van der Waals surface area contributed by atoms with Gasteiger partial charge in [-0.15, -0.1) is 0 Å². The predicted molar refractivity (Wildman–Crippen MR) is 84.3 cm³/mol. The first-order valence-corrected chi connectivity index (χ1v) is 7.46. The Morgan fingerprint density at radius 1 is 1.39 bits per heavy atom. The van der Waals surface area contributed by atoms with Gasteiger partial charge in [-0.1, -0.05) is 34.1 Å². The predicted octanol–water partition coefficient (Wildman–Crippen LogP) is 2.11. The molecule has 116 valence electrons. The molecule has 1 aliphatic rings.